The third-order valence-electron chi connectivity index (χ3n) is 2.22. The highest BCUT2D eigenvalue weighted by Crippen LogP contribution is 2.21. The first-order valence-corrected chi connectivity index (χ1v) is 4.82. The van der Waals surface area contributed by atoms with E-state index in [1.54, 1.807) is 4.68 Å². The van der Waals surface area contributed by atoms with Gasteiger partial charge >= 0.3 is 0 Å². The lowest BCUT2D eigenvalue weighted by Gasteiger charge is -2.07. The normalized spacial score (nSPS) is 13.3. The number of aryl methyl sites for hydroxylation is 2. The molecule has 2 N–H and O–H groups in total. The van der Waals surface area contributed by atoms with Gasteiger partial charge in [0.25, 0.3) is 0 Å². The van der Waals surface area contributed by atoms with E-state index < -0.39 is 0 Å². The summed E-state index contributed by atoms with van der Waals surface area (Å²) < 4.78 is 1.70. The number of hydrogen-bond acceptors (Lipinski definition) is 2. The van der Waals surface area contributed by atoms with Crippen LogP contribution in [0, 0.1) is 12.8 Å². The number of hydrogen-bond donors (Lipinski definition) is 1. The molecule has 0 saturated heterocycles. The van der Waals surface area contributed by atoms with Crippen molar-refractivity contribution in [3.05, 3.63) is 16.4 Å². The van der Waals surface area contributed by atoms with E-state index in [1.807, 2.05) is 14.0 Å². The van der Waals surface area contributed by atoms with Gasteiger partial charge in [0.05, 0.1) is 5.69 Å². The lowest BCUT2D eigenvalue weighted by atomic mass is 10.0. The van der Waals surface area contributed by atoms with Gasteiger partial charge in [-0.05, 0) is 25.8 Å². The quantitative estimate of drug-likeness (QED) is 0.806. The molecule has 13 heavy (non-hydrogen) atoms. The zero-order chi connectivity index (χ0) is 10.0. The van der Waals surface area contributed by atoms with Crippen molar-refractivity contribution in [1.29, 1.82) is 0 Å². The molecule has 1 heterocycles. The average molecular weight is 202 g/mol. The Morgan fingerprint density at radius 3 is 2.62 bits per heavy atom. The van der Waals surface area contributed by atoms with Crippen molar-refractivity contribution in [2.24, 2.45) is 18.7 Å². The predicted octanol–water partition coefficient (Wildman–Crippen LogP) is 1.52. The number of aromatic nitrogens is 2. The largest absolute Gasteiger partial charge is 0.330 e. The van der Waals surface area contributed by atoms with Crippen molar-refractivity contribution >= 4 is 11.6 Å². The molecule has 0 aliphatic heterocycles. The summed E-state index contributed by atoms with van der Waals surface area (Å²) in [5.41, 5.74) is 7.69. The maximum atomic E-state index is 6.07. The van der Waals surface area contributed by atoms with Crippen molar-refractivity contribution < 1.29 is 0 Å². The lowest BCUT2D eigenvalue weighted by molar-refractivity contribution is 0.591. The first-order chi connectivity index (χ1) is 6.06. The molecule has 0 saturated carbocycles. The van der Waals surface area contributed by atoms with Crippen molar-refractivity contribution in [2.75, 3.05) is 6.54 Å². The Bertz CT molecular complexity index is 293. The van der Waals surface area contributed by atoms with Crippen LogP contribution in [0.25, 0.3) is 0 Å². The van der Waals surface area contributed by atoms with E-state index >= 15 is 0 Å². The minimum atomic E-state index is 0.459. The second-order valence-corrected chi connectivity index (χ2v) is 3.88. The van der Waals surface area contributed by atoms with Crippen molar-refractivity contribution in [1.82, 2.24) is 9.78 Å². The Labute approximate surface area is 83.9 Å². The molecule has 0 bridgehead atoms. The minimum Gasteiger partial charge on any atom is -0.330 e. The van der Waals surface area contributed by atoms with Gasteiger partial charge in [-0.3, -0.25) is 4.68 Å². The third-order valence-corrected chi connectivity index (χ3v) is 2.70. The standard InChI is InChI=1S/C9H16ClN3/c1-6(5-11)4-8-7(2)12-13(3)9(8)10/h6H,4-5,11H2,1-3H3. The Hall–Kier alpha value is -0.540. The number of nitrogens with two attached hydrogens (primary N) is 1. The molecule has 1 atom stereocenters. The van der Waals surface area contributed by atoms with Gasteiger partial charge in [0.1, 0.15) is 5.15 Å². The van der Waals surface area contributed by atoms with E-state index in [2.05, 4.69) is 12.0 Å². The third kappa shape index (κ3) is 2.23. The Kier molecular flexibility index (Phi) is 3.33. The van der Waals surface area contributed by atoms with Crippen LogP contribution in [0.3, 0.4) is 0 Å². The predicted molar refractivity (Wildman–Crippen MR) is 54.9 cm³/mol. The van der Waals surface area contributed by atoms with Crippen LogP contribution in [0.15, 0.2) is 0 Å². The van der Waals surface area contributed by atoms with Crippen LogP contribution in [0.5, 0.6) is 0 Å². The first-order valence-electron chi connectivity index (χ1n) is 4.44. The molecule has 0 amide bonds. The smallest absolute Gasteiger partial charge is 0.130 e. The Morgan fingerprint density at radius 1 is 1.62 bits per heavy atom. The highest BCUT2D eigenvalue weighted by atomic mass is 35.5. The van der Waals surface area contributed by atoms with E-state index in [-0.39, 0.29) is 0 Å². The summed E-state index contributed by atoms with van der Waals surface area (Å²) in [6.07, 6.45) is 0.912. The van der Waals surface area contributed by atoms with Crippen LogP contribution in [-0.4, -0.2) is 16.3 Å². The Balaban J connectivity index is 2.87. The number of rotatable bonds is 3. The molecule has 0 radical (unpaired) electrons. The summed E-state index contributed by atoms with van der Waals surface area (Å²) in [6.45, 7) is 4.78. The second-order valence-electron chi connectivity index (χ2n) is 3.52. The summed E-state index contributed by atoms with van der Waals surface area (Å²) in [5.74, 6) is 0.459. The van der Waals surface area contributed by atoms with E-state index in [1.165, 1.54) is 0 Å². The molecule has 74 valence electrons. The molecule has 1 aromatic rings. The van der Waals surface area contributed by atoms with E-state index in [4.69, 9.17) is 17.3 Å². The summed E-state index contributed by atoms with van der Waals surface area (Å²) in [6, 6.07) is 0. The maximum Gasteiger partial charge on any atom is 0.130 e. The average Bonchev–Trinajstić information content (AvgIpc) is 2.32. The highest BCUT2D eigenvalue weighted by Gasteiger charge is 2.13. The molecular weight excluding hydrogens is 186 g/mol. The molecule has 0 aromatic carbocycles. The molecule has 4 heteroatoms. The summed E-state index contributed by atoms with van der Waals surface area (Å²) in [7, 11) is 1.85. The molecule has 3 nitrogen and oxygen atoms in total. The van der Waals surface area contributed by atoms with Crippen LogP contribution in [-0.2, 0) is 13.5 Å². The number of nitrogens with zero attached hydrogens (tertiary/aromatic N) is 2. The van der Waals surface area contributed by atoms with Gasteiger partial charge in [0, 0.05) is 12.6 Å². The van der Waals surface area contributed by atoms with Crippen LogP contribution in [0.4, 0.5) is 0 Å². The monoisotopic (exact) mass is 201 g/mol. The maximum absolute atomic E-state index is 6.07. The van der Waals surface area contributed by atoms with Crippen LogP contribution in [0.1, 0.15) is 18.2 Å². The molecule has 0 spiro atoms. The molecular formula is C9H16ClN3. The highest BCUT2D eigenvalue weighted by molar-refractivity contribution is 6.30. The van der Waals surface area contributed by atoms with Gasteiger partial charge in [-0.2, -0.15) is 5.10 Å². The Morgan fingerprint density at radius 2 is 2.23 bits per heavy atom. The summed E-state index contributed by atoms with van der Waals surface area (Å²) >= 11 is 6.07. The van der Waals surface area contributed by atoms with Gasteiger partial charge in [0.15, 0.2) is 0 Å². The van der Waals surface area contributed by atoms with Gasteiger partial charge in [-0.25, -0.2) is 0 Å². The fourth-order valence-electron chi connectivity index (χ4n) is 1.34. The molecule has 0 aliphatic carbocycles. The topological polar surface area (TPSA) is 43.8 Å². The molecule has 1 aromatic heterocycles. The summed E-state index contributed by atoms with van der Waals surface area (Å²) in [5, 5.41) is 4.98. The first kappa shape index (κ1) is 10.5. The zero-order valence-corrected chi connectivity index (χ0v) is 9.10. The SMILES string of the molecule is Cc1nn(C)c(Cl)c1CC(C)CN. The molecule has 1 unspecified atom stereocenters. The van der Waals surface area contributed by atoms with E-state index in [0.29, 0.717) is 12.5 Å². The van der Waals surface area contributed by atoms with Crippen molar-refractivity contribution in [3.63, 3.8) is 0 Å². The van der Waals surface area contributed by atoms with Gasteiger partial charge in [-0.15, -0.1) is 0 Å². The van der Waals surface area contributed by atoms with E-state index in [9.17, 15) is 0 Å². The van der Waals surface area contributed by atoms with Crippen LogP contribution >= 0.6 is 11.6 Å². The molecule has 0 fully saturated rings. The summed E-state index contributed by atoms with van der Waals surface area (Å²) in [4.78, 5) is 0. The van der Waals surface area contributed by atoms with Gasteiger partial charge in [0.2, 0.25) is 0 Å². The van der Waals surface area contributed by atoms with Crippen LogP contribution in [0.2, 0.25) is 5.15 Å². The number of halogens is 1. The molecule has 0 aliphatic rings. The zero-order valence-electron chi connectivity index (χ0n) is 8.34. The fourth-order valence-corrected chi connectivity index (χ4v) is 1.59. The lowest BCUT2D eigenvalue weighted by Crippen LogP contribution is -2.13. The van der Waals surface area contributed by atoms with Crippen molar-refractivity contribution in [2.45, 2.75) is 20.3 Å². The fraction of sp³-hybridized carbons (Fsp3) is 0.667. The molecule has 1 rings (SSSR count). The van der Waals surface area contributed by atoms with Crippen molar-refractivity contribution in [3.8, 4) is 0 Å². The van der Waals surface area contributed by atoms with E-state index in [0.717, 1.165) is 22.8 Å². The van der Waals surface area contributed by atoms with Gasteiger partial charge < -0.3 is 5.73 Å². The minimum absolute atomic E-state index is 0.459. The van der Waals surface area contributed by atoms with Gasteiger partial charge in [-0.1, -0.05) is 18.5 Å². The second kappa shape index (κ2) is 4.11. The van der Waals surface area contributed by atoms with Crippen LogP contribution < -0.4 is 5.73 Å².